The van der Waals surface area contributed by atoms with Crippen molar-refractivity contribution in [2.75, 3.05) is 27.2 Å². The Balaban J connectivity index is 2.29. The van der Waals surface area contributed by atoms with Crippen LogP contribution >= 0.6 is 0 Å². The van der Waals surface area contributed by atoms with E-state index in [-0.39, 0.29) is 23.3 Å². The van der Waals surface area contributed by atoms with Gasteiger partial charge in [-0.15, -0.1) is 0 Å². The highest BCUT2D eigenvalue weighted by atomic mass is 16.7. The molecule has 0 aliphatic carbocycles. The Hall–Kier alpha value is -3.05. The maximum absolute atomic E-state index is 12.5. The molecule has 2 N–H and O–H groups in total. The summed E-state index contributed by atoms with van der Waals surface area (Å²) in [7, 11) is 3.65. The van der Waals surface area contributed by atoms with Crippen molar-refractivity contribution in [3.8, 4) is 0 Å². The number of carbonyl (C=O) groups is 4. The van der Waals surface area contributed by atoms with Crippen molar-refractivity contribution in [2.45, 2.75) is 6.04 Å². The molecule has 1 unspecified atom stereocenters. The van der Waals surface area contributed by atoms with E-state index >= 15 is 0 Å². The summed E-state index contributed by atoms with van der Waals surface area (Å²) in [5, 5.41) is 19.0. The van der Waals surface area contributed by atoms with Gasteiger partial charge in [0.15, 0.2) is 6.04 Å². The summed E-state index contributed by atoms with van der Waals surface area (Å²) in [6.45, 7) is 0.744. The molecule has 2 amide bonds. The largest absolute Gasteiger partial charge is 0.478 e. The molecule has 0 aromatic heterocycles. The van der Waals surface area contributed by atoms with Gasteiger partial charge < -0.3 is 15.1 Å². The average molecular weight is 352 g/mol. The van der Waals surface area contributed by atoms with Crippen LogP contribution in [0.4, 0.5) is 0 Å². The number of fused-ring (bicyclic) bond motifs is 1. The third-order valence-electron chi connectivity index (χ3n) is 3.32. The summed E-state index contributed by atoms with van der Waals surface area (Å²) in [5.41, 5.74) is -1.21. The maximum Gasteiger partial charge on any atom is 0.353 e. The van der Waals surface area contributed by atoms with E-state index in [2.05, 4.69) is 4.99 Å². The number of aliphatic imine (C=N–C) groups is 1. The molecule has 0 aromatic rings. The van der Waals surface area contributed by atoms with Gasteiger partial charge >= 0.3 is 11.9 Å². The van der Waals surface area contributed by atoms with Crippen molar-refractivity contribution < 1.29 is 34.2 Å². The Morgan fingerprint density at radius 3 is 2.60 bits per heavy atom. The first-order valence-electron chi connectivity index (χ1n) is 7.10. The van der Waals surface area contributed by atoms with Crippen LogP contribution in [0.2, 0.25) is 0 Å². The monoisotopic (exact) mass is 352 g/mol. The number of carboxylic acid groups (broad SMARTS) is 2. The summed E-state index contributed by atoms with van der Waals surface area (Å²) >= 11 is 0. The topological polar surface area (TPSA) is 140 Å². The Morgan fingerprint density at radius 2 is 2.04 bits per heavy atom. The van der Waals surface area contributed by atoms with E-state index in [9.17, 15) is 19.2 Å². The first-order valence-corrected chi connectivity index (χ1v) is 7.10. The van der Waals surface area contributed by atoms with E-state index < -0.39 is 35.5 Å². The molecule has 0 spiro atoms. The summed E-state index contributed by atoms with van der Waals surface area (Å²) < 4.78 is 0. The Bertz CT molecular complexity index is 710. The normalized spacial score (nSPS) is 20.2. The van der Waals surface area contributed by atoms with Crippen LogP contribution in [0.5, 0.6) is 0 Å². The van der Waals surface area contributed by atoms with E-state index in [1.807, 2.05) is 19.0 Å². The van der Waals surface area contributed by atoms with Crippen LogP contribution in [0.1, 0.15) is 0 Å². The number of nitrogens with zero attached hydrogens (tertiary/aromatic N) is 4. The van der Waals surface area contributed by atoms with E-state index in [4.69, 9.17) is 15.1 Å². The molecule has 2 aliphatic heterocycles. The van der Waals surface area contributed by atoms with Crippen LogP contribution in [-0.2, 0) is 24.0 Å². The van der Waals surface area contributed by atoms with Gasteiger partial charge in [0.05, 0.1) is 12.7 Å². The molecule has 2 heterocycles. The smallest absolute Gasteiger partial charge is 0.353 e. The lowest BCUT2D eigenvalue weighted by Gasteiger charge is -2.26. The molecule has 1 atom stereocenters. The van der Waals surface area contributed by atoms with Gasteiger partial charge in [0.1, 0.15) is 11.4 Å². The van der Waals surface area contributed by atoms with Gasteiger partial charge in [-0.05, 0) is 14.1 Å². The second kappa shape index (κ2) is 7.23. The number of likely N-dealkylation sites (tertiary alicyclic amines) is 1. The van der Waals surface area contributed by atoms with Crippen LogP contribution in [0, 0.1) is 0 Å². The van der Waals surface area contributed by atoms with Crippen LogP contribution in [-0.4, -0.2) is 87.8 Å². The highest BCUT2D eigenvalue weighted by molar-refractivity contribution is 6.53. The summed E-state index contributed by atoms with van der Waals surface area (Å²) in [6, 6.07) is -1.27. The summed E-state index contributed by atoms with van der Waals surface area (Å²) in [4.78, 5) is 58.3. The number of likely N-dealkylation sites (N-methyl/N-ethyl adjacent to an activating group) is 1. The van der Waals surface area contributed by atoms with Gasteiger partial charge in [0, 0.05) is 18.9 Å². The van der Waals surface area contributed by atoms with Crippen molar-refractivity contribution in [3.63, 3.8) is 0 Å². The van der Waals surface area contributed by atoms with Crippen molar-refractivity contribution >= 4 is 29.5 Å². The standard InChI is InChI=1S/C14H16N4O7/c1-16(2)5-6-25-17-4-3-15-10-11(17)13(22)18(12(10)21)8(14(23)24)7-9(19)20/h3-4,7,11H,5-6H2,1-2H3,(H,19,20)(H,23,24)/b8-7-. The number of carbonyl (C=O) groups excluding carboxylic acids is 2. The van der Waals surface area contributed by atoms with Gasteiger partial charge in [-0.25, -0.2) is 19.6 Å². The van der Waals surface area contributed by atoms with Gasteiger partial charge in [-0.3, -0.25) is 19.4 Å². The van der Waals surface area contributed by atoms with Gasteiger partial charge in [-0.2, -0.15) is 0 Å². The zero-order valence-electron chi connectivity index (χ0n) is 13.4. The molecule has 0 radical (unpaired) electrons. The molecular weight excluding hydrogens is 336 g/mol. The Kier molecular flexibility index (Phi) is 5.29. The Labute approximate surface area is 142 Å². The summed E-state index contributed by atoms with van der Waals surface area (Å²) in [5.74, 6) is -5.29. The molecule has 25 heavy (non-hydrogen) atoms. The second-order valence-electron chi connectivity index (χ2n) is 5.36. The number of hydrogen-bond donors (Lipinski definition) is 2. The van der Waals surface area contributed by atoms with Crippen molar-refractivity contribution in [1.82, 2.24) is 14.9 Å². The highest BCUT2D eigenvalue weighted by Gasteiger charge is 2.51. The highest BCUT2D eigenvalue weighted by Crippen LogP contribution is 2.24. The number of carboxylic acids is 2. The lowest BCUT2D eigenvalue weighted by molar-refractivity contribution is -0.160. The Morgan fingerprint density at radius 1 is 1.36 bits per heavy atom. The summed E-state index contributed by atoms with van der Waals surface area (Å²) in [6.07, 6.45) is 2.85. The number of hydroxylamine groups is 2. The quantitative estimate of drug-likeness (QED) is 0.413. The van der Waals surface area contributed by atoms with Crippen LogP contribution in [0.15, 0.2) is 29.2 Å². The molecule has 1 fully saturated rings. The van der Waals surface area contributed by atoms with Gasteiger partial charge in [0.2, 0.25) is 0 Å². The molecule has 11 nitrogen and oxygen atoms in total. The number of amides is 2. The zero-order valence-corrected chi connectivity index (χ0v) is 13.4. The van der Waals surface area contributed by atoms with Crippen LogP contribution < -0.4 is 0 Å². The predicted molar refractivity (Wildman–Crippen MR) is 81.9 cm³/mol. The fourth-order valence-electron chi connectivity index (χ4n) is 2.20. The minimum Gasteiger partial charge on any atom is -0.478 e. The fourth-order valence-corrected chi connectivity index (χ4v) is 2.20. The van der Waals surface area contributed by atoms with Gasteiger partial charge in [0.25, 0.3) is 11.8 Å². The molecule has 2 rings (SSSR count). The molecule has 1 saturated heterocycles. The van der Waals surface area contributed by atoms with E-state index in [1.54, 1.807) is 0 Å². The molecule has 0 bridgehead atoms. The van der Waals surface area contributed by atoms with E-state index in [0.717, 1.165) is 5.06 Å². The maximum atomic E-state index is 12.5. The minimum absolute atomic E-state index is 0.208. The molecule has 11 heteroatoms. The predicted octanol–water partition coefficient (Wildman–Crippen LogP) is -1.50. The van der Waals surface area contributed by atoms with Crippen LogP contribution in [0.25, 0.3) is 0 Å². The average Bonchev–Trinajstić information content (AvgIpc) is 2.77. The number of aliphatic carboxylic acids is 2. The lowest BCUT2D eigenvalue weighted by atomic mass is 10.2. The molecule has 2 aliphatic rings. The molecule has 134 valence electrons. The van der Waals surface area contributed by atoms with Crippen molar-refractivity contribution in [3.05, 3.63) is 24.2 Å². The van der Waals surface area contributed by atoms with Crippen molar-refractivity contribution in [1.29, 1.82) is 0 Å². The molecule has 0 aromatic carbocycles. The van der Waals surface area contributed by atoms with Gasteiger partial charge in [-0.1, -0.05) is 0 Å². The molecular formula is C14H16N4O7. The lowest BCUT2D eigenvalue weighted by Crippen LogP contribution is -2.44. The van der Waals surface area contributed by atoms with E-state index in [1.165, 1.54) is 12.4 Å². The first-order chi connectivity index (χ1) is 11.7. The number of hydrogen-bond acceptors (Lipinski definition) is 8. The number of rotatable bonds is 7. The first kappa shape index (κ1) is 18.3. The van der Waals surface area contributed by atoms with E-state index in [0.29, 0.717) is 6.54 Å². The fraction of sp³-hybridized carbons (Fsp3) is 0.357. The third kappa shape index (κ3) is 3.72. The minimum atomic E-state index is -1.73. The molecule has 0 saturated carbocycles. The SMILES string of the molecule is CN(C)CCON1C=CN=C2C(=O)N(/C(=C\C(=O)O)C(=O)O)C(=O)C21. The zero-order chi connectivity index (χ0) is 18.7. The number of imide groups is 1. The third-order valence-corrected chi connectivity index (χ3v) is 3.32. The van der Waals surface area contributed by atoms with Crippen molar-refractivity contribution in [2.24, 2.45) is 4.99 Å². The second-order valence-corrected chi connectivity index (χ2v) is 5.36. The van der Waals surface area contributed by atoms with Crippen LogP contribution in [0.3, 0.4) is 0 Å².